The average Bonchev–Trinajstić information content (AvgIpc) is 2.35. The first-order chi connectivity index (χ1) is 8.82. The van der Waals surface area contributed by atoms with Crippen LogP contribution in [0.25, 0.3) is 5.57 Å². The fourth-order valence-corrected chi connectivity index (χ4v) is 1.79. The van der Waals surface area contributed by atoms with Gasteiger partial charge in [0.1, 0.15) is 0 Å². The highest BCUT2D eigenvalue weighted by Gasteiger charge is 2.10. The number of nitrogens with zero attached hydrogens (tertiary/aromatic N) is 1. The standard InChI is InChI=1S/C16H21NO2/c1-11-6-8-14(9-7-11)12(2)10-15(17(4)5)13(3)16(18)19/h6-10H,1-5H3,(H,18,19)/b12-10+,15-13-. The first kappa shape index (κ1) is 15.0. The van der Waals surface area contributed by atoms with Gasteiger partial charge in [-0.05, 0) is 38.0 Å². The molecule has 1 N–H and O–H groups in total. The molecule has 0 radical (unpaired) electrons. The lowest BCUT2D eigenvalue weighted by Gasteiger charge is -2.17. The summed E-state index contributed by atoms with van der Waals surface area (Å²) in [6.45, 7) is 5.66. The van der Waals surface area contributed by atoms with Crippen molar-refractivity contribution in [2.75, 3.05) is 14.1 Å². The molecule has 0 amide bonds. The van der Waals surface area contributed by atoms with Crippen molar-refractivity contribution in [3.63, 3.8) is 0 Å². The molecule has 102 valence electrons. The van der Waals surface area contributed by atoms with Crippen molar-refractivity contribution in [2.24, 2.45) is 0 Å². The molecular weight excluding hydrogens is 238 g/mol. The lowest BCUT2D eigenvalue weighted by Crippen LogP contribution is -2.15. The minimum atomic E-state index is -0.892. The minimum Gasteiger partial charge on any atom is -0.478 e. The zero-order valence-corrected chi connectivity index (χ0v) is 12.2. The van der Waals surface area contributed by atoms with Crippen molar-refractivity contribution >= 4 is 11.5 Å². The van der Waals surface area contributed by atoms with Crippen molar-refractivity contribution in [3.05, 3.63) is 52.7 Å². The molecule has 0 heterocycles. The van der Waals surface area contributed by atoms with E-state index in [1.165, 1.54) is 5.56 Å². The summed E-state index contributed by atoms with van der Waals surface area (Å²) in [5, 5.41) is 9.11. The van der Waals surface area contributed by atoms with Crippen LogP contribution < -0.4 is 0 Å². The van der Waals surface area contributed by atoms with E-state index in [2.05, 4.69) is 12.1 Å². The largest absolute Gasteiger partial charge is 0.478 e. The first-order valence-corrected chi connectivity index (χ1v) is 6.19. The Labute approximate surface area is 114 Å². The fraction of sp³-hybridized carbons (Fsp3) is 0.312. The van der Waals surface area contributed by atoms with Gasteiger partial charge in [-0.1, -0.05) is 29.8 Å². The van der Waals surface area contributed by atoms with Gasteiger partial charge >= 0.3 is 5.97 Å². The smallest absolute Gasteiger partial charge is 0.333 e. The van der Waals surface area contributed by atoms with Gasteiger partial charge in [0.2, 0.25) is 0 Å². The maximum Gasteiger partial charge on any atom is 0.333 e. The van der Waals surface area contributed by atoms with Gasteiger partial charge < -0.3 is 10.0 Å². The highest BCUT2D eigenvalue weighted by Crippen LogP contribution is 2.19. The number of likely N-dealkylation sites (N-methyl/N-ethyl adjacent to an activating group) is 1. The van der Waals surface area contributed by atoms with Gasteiger partial charge in [0.05, 0.1) is 5.57 Å². The van der Waals surface area contributed by atoms with Crippen molar-refractivity contribution < 1.29 is 9.90 Å². The zero-order chi connectivity index (χ0) is 14.6. The summed E-state index contributed by atoms with van der Waals surface area (Å²) >= 11 is 0. The Balaban J connectivity index is 3.20. The molecule has 3 nitrogen and oxygen atoms in total. The Hall–Kier alpha value is -2.03. The van der Waals surface area contributed by atoms with Crippen LogP contribution in [0.3, 0.4) is 0 Å². The number of aryl methyl sites for hydroxylation is 1. The Morgan fingerprint density at radius 2 is 1.68 bits per heavy atom. The lowest BCUT2D eigenvalue weighted by atomic mass is 10.0. The van der Waals surface area contributed by atoms with Crippen LogP contribution >= 0.6 is 0 Å². The van der Waals surface area contributed by atoms with Crippen molar-refractivity contribution in [1.29, 1.82) is 0 Å². The molecule has 0 fully saturated rings. The van der Waals surface area contributed by atoms with Gasteiger partial charge in [0.15, 0.2) is 0 Å². The molecule has 0 bridgehead atoms. The predicted octanol–water partition coefficient (Wildman–Crippen LogP) is 3.32. The second-order valence-electron chi connectivity index (χ2n) is 4.90. The molecule has 0 spiro atoms. The van der Waals surface area contributed by atoms with Crippen LogP contribution in [0.15, 0.2) is 41.6 Å². The van der Waals surface area contributed by atoms with Gasteiger partial charge in [-0.25, -0.2) is 4.79 Å². The number of carboxylic acid groups (broad SMARTS) is 1. The van der Waals surface area contributed by atoms with E-state index in [0.717, 1.165) is 11.1 Å². The highest BCUT2D eigenvalue weighted by molar-refractivity contribution is 5.88. The normalized spacial score (nSPS) is 13.0. The van der Waals surface area contributed by atoms with Crippen molar-refractivity contribution in [1.82, 2.24) is 4.90 Å². The predicted molar refractivity (Wildman–Crippen MR) is 78.9 cm³/mol. The summed E-state index contributed by atoms with van der Waals surface area (Å²) in [6.07, 6.45) is 1.91. The summed E-state index contributed by atoms with van der Waals surface area (Å²) in [5.74, 6) is -0.892. The Bertz CT molecular complexity index is 522. The topological polar surface area (TPSA) is 40.5 Å². The van der Waals surface area contributed by atoms with Gasteiger partial charge in [0.25, 0.3) is 0 Å². The molecule has 0 aliphatic heterocycles. The van der Waals surface area contributed by atoms with Crippen LogP contribution in [-0.2, 0) is 4.79 Å². The maximum absolute atomic E-state index is 11.1. The van der Waals surface area contributed by atoms with Crippen LogP contribution in [0, 0.1) is 6.92 Å². The Morgan fingerprint density at radius 1 is 1.16 bits per heavy atom. The maximum atomic E-state index is 11.1. The Kier molecular flexibility index (Phi) is 4.93. The molecule has 0 aliphatic rings. The molecule has 3 heteroatoms. The van der Waals surface area contributed by atoms with Gasteiger partial charge in [-0.2, -0.15) is 0 Å². The van der Waals surface area contributed by atoms with Gasteiger partial charge in [-0.15, -0.1) is 0 Å². The molecular formula is C16H21NO2. The molecule has 0 atom stereocenters. The average molecular weight is 259 g/mol. The lowest BCUT2D eigenvalue weighted by molar-refractivity contribution is -0.132. The van der Waals surface area contributed by atoms with E-state index in [1.54, 1.807) is 6.92 Å². The third-order valence-electron chi connectivity index (χ3n) is 3.05. The van der Waals surface area contributed by atoms with Crippen LogP contribution in [0.2, 0.25) is 0 Å². The molecule has 1 rings (SSSR count). The Morgan fingerprint density at radius 3 is 2.11 bits per heavy atom. The van der Waals surface area contributed by atoms with E-state index in [-0.39, 0.29) is 0 Å². The van der Waals surface area contributed by atoms with Gasteiger partial charge in [0, 0.05) is 19.8 Å². The van der Waals surface area contributed by atoms with E-state index in [0.29, 0.717) is 11.3 Å². The van der Waals surface area contributed by atoms with Crippen LogP contribution in [0.5, 0.6) is 0 Å². The van der Waals surface area contributed by atoms with E-state index >= 15 is 0 Å². The van der Waals surface area contributed by atoms with Crippen LogP contribution in [0.4, 0.5) is 0 Å². The molecule has 0 saturated carbocycles. The molecule has 1 aromatic rings. The summed E-state index contributed by atoms with van der Waals surface area (Å²) < 4.78 is 0. The molecule has 0 unspecified atom stereocenters. The van der Waals surface area contributed by atoms with E-state index in [4.69, 9.17) is 5.11 Å². The summed E-state index contributed by atoms with van der Waals surface area (Å²) in [4.78, 5) is 12.9. The number of benzene rings is 1. The quantitative estimate of drug-likeness (QED) is 0.666. The summed E-state index contributed by atoms with van der Waals surface area (Å²) in [7, 11) is 3.70. The zero-order valence-electron chi connectivity index (χ0n) is 12.2. The minimum absolute atomic E-state index is 0.344. The highest BCUT2D eigenvalue weighted by atomic mass is 16.4. The second kappa shape index (κ2) is 6.23. The SMILES string of the molecule is C/C(C(=O)O)=C(\C=C(/C)c1ccc(C)cc1)N(C)C. The number of aliphatic carboxylic acids is 1. The monoisotopic (exact) mass is 259 g/mol. The molecule has 1 aromatic carbocycles. The number of carboxylic acids is 1. The van der Waals surface area contributed by atoms with Crippen molar-refractivity contribution in [2.45, 2.75) is 20.8 Å². The molecule has 0 saturated heterocycles. The number of hydrogen-bond acceptors (Lipinski definition) is 2. The number of hydrogen-bond donors (Lipinski definition) is 1. The van der Waals surface area contributed by atoms with E-state index < -0.39 is 5.97 Å². The number of carbonyl (C=O) groups is 1. The molecule has 19 heavy (non-hydrogen) atoms. The third kappa shape index (κ3) is 3.98. The van der Waals surface area contributed by atoms with Crippen molar-refractivity contribution in [3.8, 4) is 0 Å². The van der Waals surface area contributed by atoms with E-state index in [9.17, 15) is 4.79 Å². The summed E-state index contributed by atoms with van der Waals surface area (Å²) in [5.41, 5.74) is 4.41. The van der Waals surface area contributed by atoms with Gasteiger partial charge in [-0.3, -0.25) is 0 Å². The van der Waals surface area contributed by atoms with E-state index in [1.807, 2.05) is 51.1 Å². The molecule has 0 aliphatic carbocycles. The van der Waals surface area contributed by atoms with Crippen LogP contribution in [0.1, 0.15) is 25.0 Å². The van der Waals surface area contributed by atoms with Crippen LogP contribution in [-0.4, -0.2) is 30.1 Å². The third-order valence-corrected chi connectivity index (χ3v) is 3.05. The second-order valence-corrected chi connectivity index (χ2v) is 4.90. The fourth-order valence-electron chi connectivity index (χ4n) is 1.79. The number of allylic oxidation sites excluding steroid dienone is 2. The number of rotatable bonds is 4. The summed E-state index contributed by atoms with van der Waals surface area (Å²) in [6, 6.07) is 8.20. The first-order valence-electron chi connectivity index (χ1n) is 6.19. The molecule has 0 aromatic heterocycles.